The van der Waals surface area contributed by atoms with Crippen LogP contribution in [0.1, 0.15) is 24.5 Å². The summed E-state index contributed by atoms with van der Waals surface area (Å²) in [5.41, 5.74) is 3.05. The van der Waals surface area contributed by atoms with Crippen LogP contribution in [0.2, 0.25) is 0 Å². The number of ether oxygens (including phenoxy) is 1. The van der Waals surface area contributed by atoms with E-state index < -0.39 is 12.0 Å². The molecule has 1 atom stereocenters. The van der Waals surface area contributed by atoms with Gasteiger partial charge in [0, 0.05) is 30.1 Å². The second kappa shape index (κ2) is 8.54. The maximum atomic E-state index is 11.7. The predicted molar refractivity (Wildman–Crippen MR) is 102 cm³/mol. The average molecular weight is 352 g/mol. The summed E-state index contributed by atoms with van der Waals surface area (Å²) in [6.45, 7) is 3.26. The Morgan fingerprint density at radius 3 is 2.69 bits per heavy atom. The van der Waals surface area contributed by atoms with Crippen LogP contribution in [0.3, 0.4) is 0 Å². The van der Waals surface area contributed by atoms with Crippen molar-refractivity contribution >= 4 is 16.9 Å². The van der Waals surface area contributed by atoms with Crippen molar-refractivity contribution in [2.24, 2.45) is 0 Å². The van der Waals surface area contributed by atoms with Crippen LogP contribution in [0.25, 0.3) is 10.9 Å². The molecule has 2 aromatic carbocycles. The van der Waals surface area contributed by atoms with Crippen LogP contribution in [0.5, 0.6) is 5.75 Å². The lowest BCUT2D eigenvalue weighted by atomic mass is 10.0. The third kappa shape index (κ3) is 4.43. The van der Waals surface area contributed by atoms with Crippen LogP contribution < -0.4 is 10.1 Å². The Labute approximate surface area is 153 Å². The van der Waals surface area contributed by atoms with E-state index in [1.54, 1.807) is 0 Å². The molecule has 0 bridgehead atoms. The number of nitrogens with one attached hydrogen (secondary N) is 2. The minimum atomic E-state index is -0.849. The number of benzene rings is 2. The molecular formula is C21H24N2O3. The fraction of sp³-hybridized carbons (Fsp3) is 0.286. The lowest BCUT2D eigenvalue weighted by Gasteiger charge is -2.14. The molecule has 0 saturated heterocycles. The highest BCUT2D eigenvalue weighted by atomic mass is 16.5. The Bertz CT molecular complexity index is 855. The first kappa shape index (κ1) is 18.0. The number of para-hydroxylation sites is 1. The van der Waals surface area contributed by atoms with E-state index in [9.17, 15) is 9.90 Å². The van der Waals surface area contributed by atoms with E-state index in [-0.39, 0.29) is 0 Å². The largest absolute Gasteiger partial charge is 0.494 e. The van der Waals surface area contributed by atoms with Gasteiger partial charge in [0.1, 0.15) is 11.8 Å². The molecule has 0 saturated carbocycles. The Kier molecular flexibility index (Phi) is 5.92. The summed E-state index contributed by atoms with van der Waals surface area (Å²) in [7, 11) is 0. The molecule has 0 radical (unpaired) electrons. The van der Waals surface area contributed by atoms with Gasteiger partial charge in [-0.2, -0.15) is 0 Å². The van der Waals surface area contributed by atoms with Crippen LogP contribution >= 0.6 is 0 Å². The number of H-pyrrole nitrogens is 1. The second-order valence-electron chi connectivity index (χ2n) is 6.33. The van der Waals surface area contributed by atoms with Crippen molar-refractivity contribution in [2.75, 3.05) is 6.61 Å². The molecule has 0 spiro atoms. The molecule has 3 rings (SSSR count). The summed E-state index contributed by atoms with van der Waals surface area (Å²) in [6, 6.07) is 15.0. The first-order valence-corrected chi connectivity index (χ1v) is 8.90. The molecule has 3 N–H and O–H groups in total. The molecule has 1 aromatic heterocycles. The first-order chi connectivity index (χ1) is 12.7. The Balaban J connectivity index is 1.63. The number of carbonyl (C=O) groups is 1. The number of rotatable bonds is 9. The summed E-state index contributed by atoms with van der Waals surface area (Å²) in [6.07, 6.45) is 3.29. The average Bonchev–Trinajstić information content (AvgIpc) is 3.07. The normalized spacial score (nSPS) is 12.2. The zero-order chi connectivity index (χ0) is 18.4. The Morgan fingerprint density at radius 1 is 1.19 bits per heavy atom. The molecule has 1 heterocycles. The molecule has 0 fully saturated rings. The number of aromatic amines is 1. The van der Waals surface area contributed by atoms with Crippen molar-refractivity contribution in [1.82, 2.24) is 10.3 Å². The van der Waals surface area contributed by atoms with Gasteiger partial charge in [-0.3, -0.25) is 4.79 Å². The minimum absolute atomic E-state index is 0.428. The predicted octanol–water partition coefficient (Wildman–Crippen LogP) is 3.74. The SMILES string of the molecule is CCCOc1ccc(CN[C@@H](Cc2c[nH]c3ccccc23)C(=O)O)cc1. The van der Waals surface area contributed by atoms with Gasteiger partial charge in [-0.05, 0) is 35.7 Å². The standard InChI is InChI=1S/C21H24N2O3/c1-2-11-26-17-9-7-15(8-10-17)13-22-20(21(24)25)12-16-14-23-19-6-4-3-5-18(16)19/h3-10,14,20,22-23H,2,11-13H2,1H3,(H,24,25)/t20-/m0/s1. The van der Waals surface area contributed by atoms with Gasteiger partial charge >= 0.3 is 5.97 Å². The van der Waals surface area contributed by atoms with E-state index in [1.165, 1.54) is 0 Å². The number of aromatic nitrogens is 1. The Morgan fingerprint density at radius 2 is 1.96 bits per heavy atom. The van der Waals surface area contributed by atoms with Crippen molar-refractivity contribution in [1.29, 1.82) is 0 Å². The van der Waals surface area contributed by atoms with Gasteiger partial charge in [0.25, 0.3) is 0 Å². The van der Waals surface area contributed by atoms with E-state index in [1.807, 2.05) is 54.7 Å². The van der Waals surface area contributed by atoms with Gasteiger partial charge in [-0.1, -0.05) is 37.3 Å². The zero-order valence-electron chi connectivity index (χ0n) is 14.9. The van der Waals surface area contributed by atoms with Crippen molar-refractivity contribution < 1.29 is 14.6 Å². The topological polar surface area (TPSA) is 74.3 Å². The van der Waals surface area contributed by atoms with Gasteiger partial charge in [-0.25, -0.2) is 0 Å². The minimum Gasteiger partial charge on any atom is -0.494 e. The number of aliphatic carboxylic acids is 1. The van der Waals surface area contributed by atoms with E-state index in [0.29, 0.717) is 19.6 Å². The maximum Gasteiger partial charge on any atom is 0.321 e. The van der Waals surface area contributed by atoms with E-state index in [4.69, 9.17) is 4.74 Å². The molecule has 0 aliphatic heterocycles. The van der Waals surface area contributed by atoms with Gasteiger partial charge in [0.15, 0.2) is 0 Å². The molecule has 5 heteroatoms. The van der Waals surface area contributed by atoms with E-state index >= 15 is 0 Å². The second-order valence-corrected chi connectivity index (χ2v) is 6.33. The summed E-state index contributed by atoms with van der Waals surface area (Å²) in [4.78, 5) is 14.9. The van der Waals surface area contributed by atoms with E-state index in [0.717, 1.165) is 34.2 Å². The highest BCUT2D eigenvalue weighted by Gasteiger charge is 2.19. The number of hydrogen-bond donors (Lipinski definition) is 3. The van der Waals surface area contributed by atoms with Crippen LogP contribution in [0, 0.1) is 0 Å². The maximum absolute atomic E-state index is 11.7. The van der Waals surface area contributed by atoms with Crippen molar-refractivity contribution in [3.8, 4) is 5.75 Å². The molecule has 0 aliphatic carbocycles. The number of carboxylic acid groups (broad SMARTS) is 1. The molecule has 26 heavy (non-hydrogen) atoms. The van der Waals surface area contributed by atoms with Gasteiger partial charge in [0.05, 0.1) is 6.61 Å². The molecule has 3 aromatic rings. The van der Waals surface area contributed by atoms with Crippen molar-refractivity contribution in [3.63, 3.8) is 0 Å². The molecular weight excluding hydrogens is 328 g/mol. The van der Waals surface area contributed by atoms with Gasteiger partial charge in [-0.15, -0.1) is 0 Å². The highest BCUT2D eigenvalue weighted by molar-refractivity contribution is 5.84. The number of carboxylic acids is 1. The van der Waals surface area contributed by atoms with Gasteiger partial charge < -0.3 is 20.1 Å². The first-order valence-electron chi connectivity index (χ1n) is 8.90. The molecule has 0 unspecified atom stereocenters. The lowest BCUT2D eigenvalue weighted by molar-refractivity contribution is -0.139. The Hall–Kier alpha value is -2.79. The summed E-state index contributed by atoms with van der Waals surface area (Å²) in [5, 5.41) is 13.8. The van der Waals surface area contributed by atoms with Crippen molar-refractivity contribution in [2.45, 2.75) is 32.4 Å². The quantitative estimate of drug-likeness (QED) is 0.548. The van der Waals surface area contributed by atoms with Crippen LogP contribution in [-0.2, 0) is 17.8 Å². The van der Waals surface area contributed by atoms with Crippen molar-refractivity contribution in [3.05, 3.63) is 65.9 Å². The molecule has 0 amide bonds. The van der Waals surface area contributed by atoms with Gasteiger partial charge in [0.2, 0.25) is 0 Å². The monoisotopic (exact) mass is 352 g/mol. The molecule has 5 nitrogen and oxygen atoms in total. The van der Waals surface area contributed by atoms with Crippen LogP contribution in [0.15, 0.2) is 54.7 Å². The molecule has 0 aliphatic rings. The molecule has 136 valence electrons. The summed E-state index contributed by atoms with van der Waals surface area (Å²) >= 11 is 0. The number of hydrogen-bond acceptors (Lipinski definition) is 3. The lowest BCUT2D eigenvalue weighted by Crippen LogP contribution is -2.38. The van der Waals surface area contributed by atoms with Crippen LogP contribution in [0.4, 0.5) is 0 Å². The third-order valence-corrected chi connectivity index (χ3v) is 4.35. The smallest absolute Gasteiger partial charge is 0.321 e. The summed E-state index contributed by atoms with van der Waals surface area (Å²) < 4.78 is 5.57. The number of fused-ring (bicyclic) bond motifs is 1. The summed E-state index contributed by atoms with van der Waals surface area (Å²) in [5.74, 6) is -0.0117. The highest BCUT2D eigenvalue weighted by Crippen LogP contribution is 2.19. The van der Waals surface area contributed by atoms with Crippen LogP contribution in [-0.4, -0.2) is 28.7 Å². The van der Waals surface area contributed by atoms with E-state index in [2.05, 4.69) is 17.2 Å². The third-order valence-electron chi connectivity index (χ3n) is 4.35. The fourth-order valence-electron chi connectivity index (χ4n) is 2.93. The zero-order valence-corrected chi connectivity index (χ0v) is 14.9. The fourth-order valence-corrected chi connectivity index (χ4v) is 2.93.